The number of Topliss-reactive ketones (excluding diaryl/α,β-unsaturated/α-hetero) is 1. The van der Waals surface area contributed by atoms with Crippen LogP contribution in [0.3, 0.4) is 0 Å². The molecule has 0 aliphatic carbocycles. The fourth-order valence-electron chi connectivity index (χ4n) is 4.00. The van der Waals surface area contributed by atoms with Crippen LogP contribution in [-0.4, -0.2) is 34.1 Å². The van der Waals surface area contributed by atoms with Gasteiger partial charge in [0.25, 0.3) is 11.7 Å². The fraction of sp³-hybridized carbons (Fsp3) is 0.0769. The highest BCUT2D eigenvalue weighted by molar-refractivity contribution is 6.52. The van der Waals surface area contributed by atoms with Crippen molar-refractivity contribution in [3.8, 4) is 11.3 Å². The molecule has 0 saturated carbocycles. The second-order valence-corrected chi connectivity index (χ2v) is 8.30. The topological polar surface area (TPSA) is 86.4 Å². The highest BCUT2D eigenvalue weighted by atomic mass is 35.5. The highest BCUT2D eigenvalue weighted by Crippen LogP contribution is 2.29. The number of carbonyl (C=O) groups is 3. The number of aromatic amines is 1. The van der Waals surface area contributed by atoms with Crippen LogP contribution >= 0.6 is 11.6 Å². The Labute approximate surface area is 200 Å². The Hall–Kier alpha value is -4.23. The molecule has 1 N–H and O–H groups in total. The van der Waals surface area contributed by atoms with Gasteiger partial charge in [-0.25, -0.2) is 4.98 Å². The number of amides is 2. The summed E-state index contributed by atoms with van der Waals surface area (Å²) in [7, 11) is 0. The molecule has 0 fully saturated rings. The van der Waals surface area contributed by atoms with Gasteiger partial charge in [0.2, 0.25) is 5.91 Å². The average molecular weight is 471 g/mol. The van der Waals surface area contributed by atoms with Crippen molar-refractivity contribution >= 4 is 40.6 Å². The van der Waals surface area contributed by atoms with Crippen LogP contribution in [0, 0.1) is 0 Å². The zero-order valence-corrected chi connectivity index (χ0v) is 18.7. The van der Waals surface area contributed by atoms with Gasteiger partial charge in [-0.05, 0) is 47.5 Å². The molecule has 0 unspecified atom stereocenters. The van der Waals surface area contributed by atoms with E-state index in [1.165, 1.54) is 4.90 Å². The molecule has 7 nitrogen and oxygen atoms in total. The summed E-state index contributed by atoms with van der Waals surface area (Å²) in [6.07, 6.45) is 3.32. The van der Waals surface area contributed by atoms with Crippen molar-refractivity contribution in [1.82, 2.24) is 9.97 Å². The number of ketones is 1. The number of carbonyl (C=O) groups excluding carboxylic acids is 3. The normalized spacial score (nSPS) is 12.7. The molecule has 1 aliphatic rings. The third-order valence-electron chi connectivity index (χ3n) is 5.69. The Bertz CT molecular complexity index is 1380. The number of halogens is 1. The van der Waals surface area contributed by atoms with E-state index in [0.717, 1.165) is 16.8 Å². The molecule has 4 aromatic rings. The minimum atomic E-state index is -0.702. The van der Waals surface area contributed by atoms with E-state index in [1.807, 2.05) is 36.4 Å². The molecular formula is C26H19ClN4O3. The number of H-pyrrole nitrogens is 1. The molecule has 0 spiro atoms. The standard InChI is InChI=1S/C26H19ClN4O3/c27-19-5-3-4-17(12-19)14-30(20-10-8-18(9-11-20)22-13-28-16-29-22)24(32)15-31-23-7-2-1-6-21(23)25(33)26(31)34/h1-13,16H,14-15H2,(H,28,29). The average Bonchev–Trinajstić information content (AvgIpc) is 3.47. The molecule has 0 bridgehead atoms. The lowest BCUT2D eigenvalue weighted by Gasteiger charge is -2.26. The van der Waals surface area contributed by atoms with E-state index < -0.39 is 11.7 Å². The van der Waals surface area contributed by atoms with Gasteiger partial charge in [-0.3, -0.25) is 19.3 Å². The van der Waals surface area contributed by atoms with Gasteiger partial charge in [0, 0.05) is 10.7 Å². The van der Waals surface area contributed by atoms with Crippen LogP contribution in [0.2, 0.25) is 5.02 Å². The zero-order chi connectivity index (χ0) is 23.7. The van der Waals surface area contributed by atoms with Crippen molar-refractivity contribution in [2.75, 3.05) is 16.3 Å². The van der Waals surface area contributed by atoms with E-state index in [0.29, 0.717) is 22.0 Å². The number of hydrogen-bond acceptors (Lipinski definition) is 4. The number of aromatic nitrogens is 2. The first-order valence-electron chi connectivity index (χ1n) is 10.6. The largest absolute Gasteiger partial charge is 0.345 e. The summed E-state index contributed by atoms with van der Waals surface area (Å²) < 4.78 is 0. The minimum absolute atomic E-state index is 0.250. The SMILES string of the molecule is O=C1C(=O)N(CC(=O)N(Cc2cccc(Cl)c2)c2ccc(-c3cnc[nH]3)cc2)c2ccccc21. The van der Waals surface area contributed by atoms with Gasteiger partial charge in [-0.1, -0.05) is 48.0 Å². The Kier molecular flexibility index (Phi) is 5.69. The third kappa shape index (κ3) is 4.09. The Balaban J connectivity index is 1.46. The molecule has 5 rings (SSSR count). The number of nitrogens with zero attached hydrogens (tertiary/aromatic N) is 3. The number of anilines is 2. The molecule has 2 heterocycles. The number of rotatable bonds is 6. The maximum atomic E-state index is 13.5. The second kappa shape index (κ2) is 8.96. The molecule has 1 aliphatic heterocycles. The third-order valence-corrected chi connectivity index (χ3v) is 5.93. The zero-order valence-electron chi connectivity index (χ0n) is 17.9. The first-order valence-corrected chi connectivity index (χ1v) is 11.0. The quantitative estimate of drug-likeness (QED) is 0.420. The Morgan fingerprint density at radius 3 is 2.53 bits per heavy atom. The molecule has 3 aromatic carbocycles. The van der Waals surface area contributed by atoms with Gasteiger partial charge in [0.1, 0.15) is 6.54 Å². The molecule has 0 atom stereocenters. The molecule has 8 heteroatoms. The molecule has 34 heavy (non-hydrogen) atoms. The fourth-order valence-corrected chi connectivity index (χ4v) is 4.21. The maximum absolute atomic E-state index is 13.5. The van der Waals surface area contributed by atoms with Crippen LogP contribution in [0.5, 0.6) is 0 Å². The number of fused-ring (bicyclic) bond motifs is 1. The Morgan fingerprint density at radius 2 is 1.79 bits per heavy atom. The van der Waals surface area contributed by atoms with Crippen molar-refractivity contribution < 1.29 is 14.4 Å². The summed E-state index contributed by atoms with van der Waals surface area (Å²) in [5, 5.41) is 0.564. The van der Waals surface area contributed by atoms with E-state index in [4.69, 9.17) is 11.6 Å². The van der Waals surface area contributed by atoms with E-state index >= 15 is 0 Å². The van der Waals surface area contributed by atoms with Gasteiger partial charge >= 0.3 is 0 Å². The number of benzene rings is 3. The molecule has 0 radical (unpaired) electrons. The summed E-state index contributed by atoms with van der Waals surface area (Å²) >= 11 is 6.16. The van der Waals surface area contributed by atoms with Crippen molar-refractivity contribution in [3.63, 3.8) is 0 Å². The summed E-state index contributed by atoms with van der Waals surface area (Å²) in [4.78, 5) is 48.4. The number of para-hydroxylation sites is 1. The van der Waals surface area contributed by atoms with Gasteiger partial charge in [-0.15, -0.1) is 0 Å². The van der Waals surface area contributed by atoms with Crippen molar-refractivity contribution in [3.05, 3.63) is 101 Å². The lowest BCUT2D eigenvalue weighted by Crippen LogP contribution is -2.42. The number of nitrogens with one attached hydrogen (secondary N) is 1. The van der Waals surface area contributed by atoms with Crippen LogP contribution in [-0.2, 0) is 16.1 Å². The first-order chi connectivity index (χ1) is 16.5. The lowest BCUT2D eigenvalue weighted by atomic mass is 10.1. The number of hydrogen-bond donors (Lipinski definition) is 1. The molecule has 168 valence electrons. The smallest absolute Gasteiger partial charge is 0.299 e. The predicted molar refractivity (Wildman–Crippen MR) is 130 cm³/mol. The molecule has 1 aromatic heterocycles. The van der Waals surface area contributed by atoms with Crippen LogP contribution in [0.4, 0.5) is 11.4 Å². The summed E-state index contributed by atoms with van der Waals surface area (Å²) in [6, 6.07) is 21.4. The van der Waals surface area contributed by atoms with Gasteiger partial charge in [0.15, 0.2) is 0 Å². The molecule has 0 saturated heterocycles. The van der Waals surface area contributed by atoms with Crippen molar-refractivity contribution in [1.29, 1.82) is 0 Å². The second-order valence-electron chi connectivity index (χ2n) is 7.86. The summed E-state index contributed by atoms with van der Waals surface area (Å²) in [5.41, 5.74) is 4.03. The van der Waals surface area contributed by atoms with Crippen LogP contribution in [0.1, 0.15) is 15.9 Å². The van der Waals surface area contributed by atoms with Gasteiger partial charge in [0.05, 0.1) is 36.0 Å². The summed E-state index contributed by atoms with van der Waals surface area (Å²) in [5.74, 6) is -1.63. The van der Waals surface area contributed by atoms with E-state index in [1.54, 1.807) is 53.8 Å². The first kappa shape index (κ1) is 21.6. The van der Waals surface area contributed by atoms with Crippen LogP contribution in [0.15, 0.2) is 85.3 Å². The van der Waals surface area contributed by atoms with Gasteiger partial charge in [-0.2, -0.15) is 0 Å². The predicted octanol–water partition coefficient (Wildman–Crippen LogP) is 4.49. The van der Waals surface area contributed by atoms with Crippen LogP contribution < -0.4 is 9.80 Å². The van der Waals surface area contributed by atoms with Crippen molar-refractivity contribution in [2.45, 2.75) is 6.54 Å². The summed E-state index contributed by atoms with van der Waals surface area (Å²) in [6.45, 7) is -0.00905. The maximum Gasteiger partial charge on any atom is 0.299 e. The lowest BCUT2D eigenvalue weighted by molar-refractivity contribution is -0.120. The highest BCUT2D eigenvalue weighted by Gasteiger charge is 2.37. The monoisotopic (exact) mass is 470 g/mol. The van der Waals surface area contributed by atoms with E-state index in [2.05, 4.69) is 9.97 Å². The van der Waals surface area contributed by atoms with Crippen molar-refractivity contribution in [2.24, 2.45) is 0 Å². The minimum Gasteiger partial charge on any atom is -0.345 e. The van der Waals surface area contributed by atoms with E-state index in [9.17, 15) is 14.4 Å². The molecular weight excluding hydrogens is 452 g/mol. The van der Waals surface area contributed by atoms with E-state index in [-0.39, 0.29) is 19.0 Å². The van der Waals surface area contributed by atoms with Gasteiger partial charge < -0.3 is 9.88 Å². The molecule has 2 amide bonds. The Morgan fingerprint density at radius 1 is 1.00 bits per heavy atom. The van der Waals surface area contributed by atoms with Crippen LogP contribution in [0.25, 0.3) is 11.3 Å². The number of imidazole rings is 1.